The number of hydrogen-bond acceptors (Lipinski definition) is 2. The SMILES string of the molecule is CC(C)C(CCCCSCN)C(F)(F)F. The summed E-state index contributed by atoms with van der Waals surface area (Å²) >= 11 is 1.57. The smallest absolute Gasteiger partial charge is 0.322 e. The van der Waals surface area contributed by atoms with Gasteiger partial charge in [0.1, 0.15) is 0 Å². The monoisotopic (exact) mass is 243 g/mol. The molecule has 0 aromatic carbocycles. The molecule has 0 amide bonds. The van der Waals surface area contributed by atoms with Crippen molar-refractivity contribution in [2.75, 3.05) is 11.6 Å². The summed E-state index contributed by atoms with van der Waals surface area (Å²) in [5.74, 6) is -0.0703. The van der Waals surface area contributed by atoms with Crippen LogP contribution in [0.15, 0.2) is 0 Å². The summed E-state index contributed by atoms with van der Waals surface area (Å²) in [6.45, 7) is 3.26. The topological polar surface area (TPSA) is 26.0 Å². The molecule has 0 saturated heterocycles. The summed E-state index contributed by atoms with van der Waals surface area (Å²) < 4.78 is 37.6. The lowest BCUT2D eigenvalue weighted by Gasteiger charge is -2.23. The predicted octanol–water partition coefficient (Wildman–Crippen LogP) is 3.64. The van der Waals surface area contributed by atoms with E-state index in [1.54, 1.807) is 25.6 Å². The average molecular weight is 243 g/mol. The van der Waals surface area contributed by atoms with Crippen molar-refractivity contribution in [2.24, 2.45) is 17.6 Å². The fourth-order valence-electron chi connectivity index (χ4n) is 1.53. The van der Waals surface area contributed by atoms with Crippen LogP contribution < -0.4 is 5.73 Å². The first-order valence-electron chi connectivity index (χ1n) is 5.24. The number of halogens is 3. The quantitative estimate of drug-likeness (QED) is 0.545. The molecule has 0 aliphatic heterocycles. The molecular formula is C10H20F3NS. The highest BCUT2D eigenvalue weighted by molar-refractivity contribution is 7.99. The van der Waals surface area contributed by atoms with Gasteiger partial charge in [0.2, 0.25) is 0 Å². The molecule has 2 N–H and O–H groups in total. The zero-order valence-electron chi connectivity index (χ0n) is 9.31. The van der Waals surface area contributed by atoms with Crippen molar-refractivity contribution in [3.05, 3.63) is 0 Å². The van der Waals surface area contributed by atoms with Gasteiger partial charge in [-0.15, -0.1) is 11.8 Å². The van der Waals surface area contributed by atoms with Gasteiger partial charge in [-0.3, -0.25) is 0 Å². The van der Waals surface area contributed by atoms with Gasteiger partial charge in [0.25, 0.3) is 0 Å². The van der Waals surface area contributed by atoms with Crippen LogP contribution in [0.25, 0.3) is 0 Å². The van der Waals surface area contributed by atoms with Gasteiger partial charge in [-0.25, -0.2) is 0 Å². The van der Waals surface area contributed by atoms with Gasteiger partial charge in [0.05, 0.1) is 5.92 Å². The molecular weight excluding hydrogens is 223 g/mol. The minimum Gasteiger partial charge on any atom is -0.322 e. The van der Waals surface area contributed by atoms with Gasteiger partial charge in [0.15, 0.2) is 0 Å². The first-order chi connectivity index (χ1) is 6.89. The van der Waals surface area contributed by atoms with Crippen molar-refractivity contribution in [2.45, 2.75) is 39.3 Å². The van der Waals surface area contributed by atoms with Gasteiger partial charge in [-0.1, -0.05) is 20.3 Å². The second-order valence-corrected chi connectivity index (χ2v) is 5.11. The van der Waals surface area contributed by atoms with Gasteiger partial charge in [-0.05, 0) is 24.5 Å². The van der Waals surface area contributed by atoms with E-state index in [1.165, 1.54) is 0 Å². The maximum atomic E-state index is 12.5. The molecule has 0 spiro atoms. The normalized spacial score (nSPS) is 14.6. The molecule has 15 heavy (non-hydrogen) atoms. The van der Waals surface area contributed by atoms with Crippen LogP contribution in [0.3, 0.4) is 0 Å². The Balaban J connectivity index is 3.78. The van der Waals surface area contributed by atoms with Gasteiger partial charge < -0.3 is 5.73 Å². The Kier molecular flexibility index (Phi) is 7.44. The molecule has 0 radical (unpaired) electrons. The van der Waals surface area contributed by atoms with Crippen LogP contribution in [0.1, 0.15) is 33.1 Å². The Bertz CT molecular complexity index is 159. The molecule has 0 saturated carbocycles. The zero-order chi connectivity index (χ0) is 11.9. The molecule has 1 nitrogen and oxygen atoms in total. The Labute approximate surface area is 94.0 Å². The molecule has 0 aliphatic rings. The van der Waals surface area contributed by atoms with E-state index in [-0.39, 0.29) is 12.3 Å². The molecule has 0 aromatic heterocycles. The van der Waals surface area contributed by atoms with Crippen LogP contribution in [-0.2, 0) is 0 Å². The zero-order valence-corrected chi connectivity index (χ0v) is 10.1. The third-order valence-corrected chi connectivity index (χ3v) is 3.21. The number of nitrogens with two attached hydrogens (primary N) is 1. The first-order valence-corrected chi connectivity index (χ1v) is 6.39. The van der Waals surface area contributed by atoms with Crippen molar-refractivity contribution in [3.8, 4) is 0 Å². The maximum Gasteiger partial charge on any atom is 0.392 e. The highest BCUT2D eigenvalue weighted by Crippen LogP contribution is 2.35. The molecule has 92 valence electrons. The fraction of sp³-hybridized carbons (Fsp3) is 1.00. The Morgan fingerprint density at radius 3 is 2.20 bits per heavy atom. The van der Waals surface area contributed by atoms with Crippen molar-refractivity contribution in [1.82, 2.24) is 0 Å². The van der Waals surface area contributed by atoms with E-state index in [2.05, 4.69) is 0 Å². The number of rotatable bonds is 7. The summed E-state index contributed by atoms with van der Waals surface area (Å²) in [4.78, 5) is 0. The summed E-state index contributed by atoms with van der Waals surface area (Å²) in [6, 6.07) is 0. The molecule has 0 bridgehead atoms. The van der Waals surface area contributed by atoms with Crippen LogP contribution in [0.4, 0.5) is 13.2 Å². The van der Waals surface area contributed by atoms with E-state index in [0.717, 1.165) is 12.2 Å². The van der Waals surface area contributed by atoms with Crippen molar-refractivity contribution in [1.29, 1.82) is 0 Å². The molecule has 0 aliphatic carbocycles. The first kappa shape index (κ1) is 15.1. The van der Waals surface area contributed by atoms with Gasteiger partial charge in [-0.2, -0.15) is 13.2 Å². The molecule has 5 heteroatoms. The van der Waals surface area contributed by atoms with Crippen molar-refractivity contribution in [3.63, 3.8) is 0 Å². The Hall–Kier alpha value is 0.100. The highest BCUT2D eigenvalue weighted by Gasteiger charge is 2.40. The lowest BCUT2D eigenvalue weighted by molar-refractivity contribution is -0.187. The minimum atomic E-state index is -4.05. The van der Waals surface area contributed by atoms with Crippen LogP contribution in [0.5, 0.6) is 0 Å². The average Bonchev–Trinajstić information content (AvgIpc) is 2.08. The minimum absolute atomic E-state index is 0.242. The fourth-order valence-corrected chi connectivity index (χ4v) is 2.10. The Morgan fingerprint density at radius 2 is 1.80 bits per heavy atom. The predicted molar refractivity (Wildman–Crippen MR) is 59.7 cm³/mol. The molecule has 1 unspecified atom stereocenters. The molecule has 0 heterocycles. The molecule has 0 aromatic rings. The van der Waals surface area contributed by atoms with Gasteiger partial charge in [0, 0.05) is 5.88 Å². The standard InChI is InChI=1S/C10H20F3NS/c1-8(2)9(10(11,12)13)5-3-4-6-15-7-14/h8-9H,3-7,14H2,1-2H3. The third kappa shape index (κ3) is 7.06. The van der Waals surface area contributed by atoms with Crippen LogP contribution >= 0.6 is 11.8 Å². The summed E-state index contributed by atoms with van der Waals surface area (Å²) in [5, 5.41) is 0. The van der Waals surface area contributed by atoms with Crippen LogP contribution in [0.2, 0.25) is 0 Å². The Morgan fingerprint density at radius 1 is 1.20 bits per heavy atom. The summed E-state index contributed by atoms with van der Waals surface area (Å²) in [5.41, 5.74) is 5.27. The van der Waals surface area contributed by atoms with E-state index in [1.807, 2.05) is 0 Å². The largest absolute Gasteiger partial charge is 0.392 e. The van der Waals surface area contributed by atoms with E-state index in [4.69, 9.17) is 5.73 Å². The van der Waals surface area contributed by atoms with Crippen molar-refractivity contribution < 1.29 is 13.2 Å². The number of thioether (sulfide) groups is 1. The lowest BCUT2D eigenvalue weighted by atomic mass is 9.90. The maximum absolute atomic E-state index is 12.5. The van der Waals surface area contributed by atoms with Crippen LogP contribution in [-0.4, -0.2) is 17.8 Å². The highest BCUT2D eigenvalue weighted by atomic mass is 32.2. The van der Waals surface area contributed by atoms with E-state index >= 15 is 0 Å². The number of alkyl halides is 3. The van der Waals surface area contributed by atoms with E-state index < -0.39 is 12.1 Å². The van der Waals surface area contributed by atoms with E-state index in [0.29, 0.717) is 12.3 Å². The van der Waals surface area contributed by atoms with E-state index in [9.17, 15) is 13.2 Å². The molecule has 1 atom stereocenters. The second kappa shape index (κ2) is 7.39. The molecule has 0 rings (SSSR count). The summed E-state index contributed by atoms with van der Waals surface area (Å²) in [7, 11) is 0. The number of unbranched alkanes of at least 4 members (excludes halogenated alkanes) is 1. The van der Waals surface area contributed by atoms with Crippen LogP contribution in [0, 0.1) is 11.8 Å². The van der Waals surface area contributed by atoms with Gasteiger partial charge >= 0.3 is 6.18 Å². The molecule has 0 fully saturated rings. The third-order valence-electron chi connectivity index (χ3n) is 2.40. The second-order valence-electron chi connectivity index (χ2n) is 3.96. The summed E-state index contributed by atoms with van der Waals surface area (Å²) in [6.07, 6.45) is -2.35. The lowest BCUT2D eigenvalue weighted by Crippen LogP contribution is -2.27. The number of hydrogen-bond donors (Lipinski definition) is 1. The van der Waals surface area contributed by atoms with Crippen molar-refractivity contribution >= 4 is 11.8 Å².